The summed E-state index contributed by atoms with van der Waals surface area (Å²) in [4.78, 5) is 35.4. The Morgan fingerprint density at radius 3 is 2.66 bits per heavy atom. The van der Waals surface area contributed by atoms with Crippen molar-refractivity contribution in [2.24, 2.45) is 0 Å². The van der Waals surface area contributed by atoms with Crippen LogP contribution in [-0.2, 0) is 18.3 Å². The number of fused-ring (bicyclic) bond motifs is 2. The van der Waals surface area contributed by atoms with Crippen LogP contribution >= 0.6 is 8.25 Å². The molecule has 216 valence electrons. The van der Waals surface area contributed by atoms with Gasteiger partial charge in [-0.25, -0.2) is 19.7 Å². The smallest absolute Gasteiger partial charge is 0.414 e. The third-order valence-electron chi connectivity index (χ3n) is 7.76. The van der Waals surface area contributed by atoms with Crippen molar-refractivity contribution in [1.29, 1.82) is 0 Å². The van der Waals surface area contributed by atoms with Crippen LogP contribution in [0.15, 0.2) is 55.1 Å². The quantitative estimate of drug-likeness (QED) is 0.165. The van der Waals surface area contributed by atoms with Gasteiger partial charge in [0.25, 0.3) is 0 Å². The zero-order valence-electron chi connectivity index (χ0n) is 23.6. The molecule has 3 heterocycles. The summed E-state index contributed by atoms with van der Waals surface area (Å²) in [6.45, 7) is 10.9. The average Bonchev–Trinajstić information content (AvgIpc) is 3.51. The molecule has 5 rings (SSSR count). The Hall–Kier alpha value is -3.32. The Morgan fingerprint density at radius 2 is 1.90 bits per heavy atom. The molecular weight excluding hydrogens is 563 g/mol. The van der Waals surface area contributed by atoms with E-state index >= 15 is 0 Å². The van der Waals surface area contributed by atoms with Crippen LogP contribution in [0.1, 0.15) is 33.4 Å². The molecule has 14 heteroatoms. The Bertz CT molecular complexity index is 1590. The number of aromatic nitrogens is 4. The van der Waals surface area contributed by atoms with Crippen molar-refractivity contribution in [3.05, 3.63) is 55.1 Å². The first-order chi connectivity index (χ1) is 19.4. The number of nitrogens with zero attached hydrogens (tertiary/aromatic N) is 4. The molecule has 2 aromatic heterocycles. The van der Waals surface area contributed by atoms with Gasteiger partial charge in [-0.1, -0.05) is 57.2 Å². The van der Waals surface area contributed by atoms with Gasteiger partial charge in [-0.2, -0.15) is 0 Å². The van der Waals surface area contributed by atoms with E-state index in [0.717, 1.165) is 10.8 Å². The number of amides is 2. The number of carbonyl (C=O) groups excluding carboxylic acids is 1. The molecule has 4 atom stereocenters. The second-order valence-electron chi connectivity index (χ2n) is 11.5. The van der Waals surface area contributed by atoms with E-state index in [4.69, 9.17) is 13.7 Å². The van der Waals surface area contributed by atoms with E-state index in [1.165, 1.54) is 6.33 Å². The van der Waals surface area contributed by atoms with Crippen molar-refractivity contribution in [2.75, 3.05) is 17.2 Å². The summed E-state index contributed by atoms with van der Waals surface area (Å²) in [7, 11) is -4.94. The van der Waals surface area contributed by atoms with Crippen LogP contribution in [0.3, 0.4) is 0 Å². The van der Waals surface area contributed by atoms with Gasteiger partial charge < -0.3 is 14.5 Å². The lowest BCUT2D eigenvalue weighted by molar-refractivity contribution is -0.0368. The maximum atomic E-state index is 12.9. The van der Waals surface area contributed by atoms with Gasteiger partial charge in [0.2, 0.25) is 0 Å². The minimum Gasteiger partial charge on any atom is -0.414 e. The monoisotopic (exact) mass is 597 g/mol. The number of hydrogen-bond donors (Lipinski definition) is 3. The van der Waals surface area contributed by atoms with Crippen molar-refractivity contribution in [1.82, 2.24) is 19.5 Å². The van der Waals surface area contributed by atoms with Crippen LogP contribution in [0.5, 0.6) is 0 Å². The van der Waals surface area contributed by atoms with Crippen molar-refractivity contribution < 1.29 is 27.9 Å². The Kier molecular flexibility index (Phi) is 8.19. The maximum absolute atomic E-state index is 12.9. The molecule has 41 heavy (non-hydrogen) atoms. The molecule has 1 fully saturated rings. The van der Waals surface area contributed by atoms with Crippen LogP contribution in [0.2, 0.25) is 18.1 Å². The normalized spacial score (nSPS) is 20.0. The van der Waals surface area contributed by atoms with Gasteiger partial charge in [0.1, 0.15) is 24.8 Å². The third-order valence-corrected chi connectivity index (χ3v) is 12.7. The van der Waals surface area contributed by atoms with E-state index in [9.17, 15) is 14.3 Å². The van der Waals surface area contributed by atoms with Gasteiger partial charge in [-0.05, 0) is 29.6 Å². The van der Waals surface area contributed by atoms with Gasteiger partial charge in [0.15, 0.2) is 25.3 Å². The van der Waals surface area contributed by atoms with E-state index < -0.39 is 41.0 Å². The molecule has 0 spiro atoms. The number of nitrogens with one attached hydrogen (secondary N) is 2. The second-order valence-corrected chi connectivity index (χ2v) is 17.0. The summed E-state index contributed by atoms with van der Waals surface area (Å²) in [6, 6.07) is 13.0. The average molecular weight is 598 g/mol. The van der Waals surface area contributed by atoms with Crippen LogP contribution < -0.4 is 10.6 Å². The number of urea groups is 1. The second kappa shape index (κ2) is 11.5. The molecule has 0 bridgehead atoms. The fourth-order valence-electron chi connectivity index (χ4n) is 4.50. The highest BCUT2D eigenvalue weighted by Crippen LogP contribution is 2.40. The molecule has 12 nitrogen and oxygen atoms in total. The molecule has 2 amide bonds. The molecule has 1 aliphatic heterocycles. The van der Waals surface area contributed by atoms with Crippen molar-refractivity contribution in [2.45, 2.75) is 63.8 Å². The predicted octanol–water partition coefficient (Wildman–Crippen LogP) is 5.97. The Balaban J connectivity index is 1.33. The molecule has 0 saturated carbocycles. The summed E-state index contributed by atoms with van der Waals surface area (Å²) < 4.78 is 31.2. The van der Waals surface area contributed by atoms with Crippen molar-refractivity contribution >= 4 is 56.0 Å². The molecule has 2 aromatic carbocycles. The number of anilines is 2. The lowest BCUT2D eigenvalue weighted by Gasteiger charge is -2.37. The first-order valence-electron chi connectivity index (χ1n) is 13.3. The molecule has 1 unspecified atom stereocenters. The number of ether oxygens (including phenoxy) is 1. The molecule has 0 radical (unpaired) electrons. The minimum absolute atomic E-state index is 0.00966. The van der Waals surface area contributed by atoms with Gasteiger partial charge >= 0.3 is 14.3 Å². The summed E-state index contributed by atoms with van der Waals surface area (Å²) >= 11 is 0. The number of rotatable bonds is 8. The Labute approximate surface area is 239 Å². The Morgan fingerprint density at radius 1 is 1.15 bits per heavy atom. The minimum atomic E-state index is -2.84. The molecule has 1 aliphatic rings. The predicted molar refractivity (Wildman–Crippen MR) is 158 cm³/mol. The van der Waals surface area contributed by atoms with Crippen molar-refractivity contribution in [3.8, 4) is 0 Å². The van der Waals surface area contributed by atoms with Crippen LogP contribution in [-0.4, -0.2) is 57.6 Å². The molecule has 4 aromatic rings. The molecule has 1 saturated heterocycles. The van der Waals surface area contributed by atoms with E-state index in [1.807, 2.05) is 42.5 Å². The van der Waals surface area contributed by atoms with Gasteiger partial charge in [-0.3, -0.25) is 9.88 Å². The number of imidazole rings is 1. The first-order valence-corrected chi connectivity index (χ1v) is 17.3. The third kappa shape index (κ3) is 6.30. The number of benzene rings is 2. The summed E-state index contributed by atoms with van der Waals surface area (Å²) in [6.07, 6.45) is 1.35. The van der Waals surface area contributed by atoms with Crippen LogP contribution in [0.4, 0.5) is 16.3 Å². The molecule has 0 aliphatic carbocycles. The lowest BCUT2D eigenvalue weighted by atomic mass is 10.1. The van der Waals surface area contributed by atoms with Gasteiger partial charge in [0.05, 0.1) is 18.6 Å². The van der Waals surface area contributed by atoms with Crippen molar-refractivity contribution in [3.63, 3.8) is 0 Å². The highest BCUT2D eigenvalue weighted by atomic mass is 31.1. The summed E-state index contributed by atoms with van der Waals surface area (Å²) in [5.41, 5.74) is 1.47. The first kappa shape index (κ1) is 29.2. The van der Waals surface area contributed by atoms with Gasteiger partial charge in [-0.15, -0.1) is 9.42 Å². The fraction of sp³-hybridized carbons (Fsp3) is 0.407. The van der Waals surface area contributed by atoms with E-state index in [0.29, 0.717) is 16.9 Å². The number of carbonyl (C=O) groups is 1. The van der Waals surface area contributed by atoms with E-state index in [2.05, 4.69) is 59.5 Å². The SMILES string of the molecule is CC(C)(C)[Si](C)(C)OC[C@H]1O[C@@H](n2cnc3c(NC(=O)Nc4cccc5ccccc45)ncnc32)C[C@@H]1O[P+](=O)O. The van der Waals surface area contributed by atoms with E-state index in [1.54, 1.807) is 10.9 Å². The highest BCUT2D eigenvalue weighted by Gasteiger charge is 2.45. The lowest BCUT2D eigenvalue weighted by Crippen LogP contribution is -2.44. The zero-order chi connectivity index (χ0) is 29.4. The standard InChI is InChI=1S/C27H33N6O6PSi/c1-27(2,3)41(4,5)37-14-21-20(39-40(35)36)13-22(38-21)33-16-30-23-24(28-15-29-25(23)33)32-26(34)31-19-12-8-10-17-9-6-7-11-18(17)19/h6-12,15-16,20-22H,13-14H2,1-5H3,(H2-,28,29,31,32,34,35,36)/p+1/t20-,21+,22+/m0/s1. The van der Waals surface area contributed by atoms with E-state index in [-0.39, 0.29) is 23.9 Å². The summed E-state index contributed by atoms with van der Waals surface area (Å²) in [5.74, 6) is 0.230. The highest BCUT2D eigenvalue weighted by molar-refractivity contribution is 7.32. The number of hydrogen-bond acceptors (Lipinski definition) is 8. The summed E-state index contributed by atoms with van der Waals surface area (Å²) in [5, 5.41) is 7.55. The maximum Gasteiger partial charge on any atom is 0.695 e. The fourth-order valence-corrected chi connectivity index (χ4v) is 5.97. The van der Waals surface area contributed by atoms with Crippen LogP contribution in [0.25, 0.3) is 21.9 Å². The zero-order valence-corrected chi connectivity index (χ0v) is 25.5. The molecule has 3 N–H and O–H groups in total. The largest absolute Gasteiger partial charge is 0.695 e. The van der Waals surface area contributed by atoms with Crippen LogP contribution in [0, 0.1) is 0 Å². The van der Waals surface area contributed by atoms with Gasteiger partial charge in [0, 0.05) is 16.4 Å². The topological polar surface area (TPSA) is 150 Å². The molecular formula is C27H34N6O6PSi+.